The van der Waals surface area contributed by atoms with E-state index in [0.29, 0.717) is 12.8 Å². The normalized spacial score (nSPS) is 12.2. The predicted molar refractivity (Wildman–Crippen MR) is 222 cm³/mol. The molecule has 1 atom stereocenters. The summed E-state index contributed by atoms with van der Waals surface area (Å²) in [5.41, 5.74) is 0. The van der Waals surface area contributed by atoms with E-state index in [2.05, 4.69) is 39.6 Å². The zero-order valence-electron chi connectivity index (χ0n) is 35.4. The van der Waals surface area contributed by atoms with Crippen molar-refractivity contribution >= 4 is 11.9 Å². The monoisotopic (exact) mass is 722 g/mol. The Morgan fingerprint density at radius 1 is 0.373 bits per heavy atom. The lowest BCUT2D eigenvalue weighted by Gasteiger charge is -2.18. The molecule has 0 aromatic rings. The Morgan fingerprint density at radius 3 is 1.02 bits per heavy atom. The third kappa shape index (κ3) is 37.0. The van der Waals surface area contributed by atoms with Crippen LogP contribution in [0.25, 0.3) is 0 Å². The number of esters is 2. The van der Waals surface area contributed by atoms with Gasteiger partial charge in [-0.2, -0.15) is 0 Å². The van der Waals surface area contributed by atoms with Crippen molar-refractivity contribution < 1.29 is 19.1 Å². The summed E-state index contributed by atoms with van der Waals surface area (Å²) in [5.74, 6) is 0.0568. The van der Waals surface area contributed by atoms with Crippen LogP contribution in [-0.4, -0.2) is 49.2 Å². The number of carbonyl (C=O) groups is 2. The van der Waals surface area contributed by atoms with E-state index in [1.165, 1.54) is 154 Å². The molecule has 0 fully saturated rings. The van der Waals surface area contributed by atoms with Gasteiger partial charge in [0.25, 0.3) is 0 Å². The van der Waals surface area contributed by atoms with Crippen LogP contribution in [0.5, 0.6) is 0 Å². The first kappa shape index (κ1) is 49.9. The van der Waals surface area contributed by atoms with Crippen LogP contribution in [0.2, 0.25) is 0 Å². The van der Waals surface area contributed by atoms with Gasteiger partial charge in [-0.3, -0.25) is 9.59 Å². The molecule has 0 heterocycles. The van der Waals surface area contributed by atoms with Gasteiger partial charge in [0.1, 0.15) is 12.2 Å². The van der Waals surface area contributed by atoms with Gasteiger partial charge >= 0.3 is 11.9 Å². The molecule has 0 radical (unpaired) electrons. The van der Waals surface area contributed by atoms with E-state index in [-0.39, 0.29) is 24.1 Å². The van der Waals surface area contributed by atoms with E-state index in [4.69, 9.17) is 9.47 Å². The lowest BCUT2D eigenvalue weighted by Crippen LogP contribution is -2.20. The van der Waals surface area contributed by atoms with Crippen molar-refractivity contribution in [1.82, 2.24) is 4.90 Å². The van der Waals surface area contributed by atoms with Gasteiger partial charge in [-0.1, -0.05) is 169 Å². The van der Waals surface area contributed by atoms with Crippen molar-refractivity contribution in [3.8, 4) is 0 Å². The van der Waals surface area contributed by atoms with Crippen molar-refractivity contribution in [2.24, 2.45) is 0 Å². The summed E-state index contributed by atoms with van der Waals surface area (Å²) in [6.45, 7) is 11.3. The molecule has 51 heavy (non-hydrogen) atoms. The Bertz CT molecular complexity index is 712. The average Bonchev–Trinajstić information content (AvgIpc) is 3.11. The van der Waals surface area contributed by atoms with E-state index in [0.717, 1.165) is 70.9 Å². The van der Waals surface area contributed by atoms with E-state index in [1.807, 2.05) is 0 Å². The molecule has 0 N–H and O–H groups in total. The SMILES string of the molecule is CCCCCCCCC(CCC)OC(=O)CCCCCCCN(C)CCCCCCCC(=O)OC(CCCCCCCC)CCCCCCCC. The van der Waals surface area contributed by atoms with Gasteiger partial charge in [0, 0.05) is 12.8 Å². The topological polar surface area (TPSA) is 55.8 Å². The largest absolute Gasteiger partial charge is 0.462 e. The van der Waals surface area contributed by atoms with Gasteiger partial charge in [0.05, 0.1) is 0 Å². The molecular formula is C46H91NO4. The Balaban J connectivity index is 3.89. The second-order valence-electron chi connectivity index (χ2n) is 16.0. The van der Waals surface area contributed by atoms with E-state index in [1.54, 1.807) is 0 Å². The van der Waals surface area contributed by atoms with Crippen LogP contribution in [0.3, 0.4) is 0 Å². The Kier molecular flexibility index (Phi) is 39.2. The summed E-state index contributed by atoms with van der Waals surface area (Å²) in [6.07, 6.45) is 41.5. The molecule has 0 amide bonds. The smallest absolute Gasteiger partial charge is 0.306 e. The van der Waals surface area contributed by atoms with Crippen LogP contribution < -0.4 is 0 Å². The minimum Gasteiger partial charge on any atom is -0.462 e. The van der Waals surface area contributed by atoms with Crippen LogP contribution >= 0.6 is 0 Å². The van der Waals surface area contributed by atoms with Crippen molar-refractivity contribution in [2.75, 3.05) is 20.1 Å². The molecule has 5 heteroatoms. The summed E-state index contributed by atoms with van der Waals surface area (Å²) in [7, 11) is 2.25. The standard InChI is InChI=1S/C46H91NO4/c1-6-10-13-16-21-28-36-43(35-9-4)50-45(48)39-31-24-19-26-33-41-47(5)42-34-27-20-25-32-40-46(49)51-44(37-29-22-17-14-11-7-2)38-30-23-18-15-12-8-3/h43-44H,6-42H2,1-5H3. The average molecular weight is 722 g/mol. The molecule has 5 nitrogen and oxygen atoms in total. The molecule has 1 unspecified atom stereocenters. The minimum atomic E-state index is 0.0188. The molecule has 0 saturated heterocycles. The highest BCUT2D eigenvalue weighted by Gasteiger charge is 2.15. The summed E-state index contributed by atoms with van der Waals surface area (Å²) >= 11 is 0. The number of carbonyl (C=O) groups excluding carboxylic acids is 2. The molecule has 0 spiro atoms. The zero-order chi connectivity index (χ0) is 37.5. The number of hydrogen-bond donors (Lipinski definition) is 0. The predicted octanol–water partition coefficient (Wildman–Crippen LogP) is 14.5. The summed E-state index contributed by atoms with van der Waals surface area (Å²) in [4.78, 5) is 27.5. The maximum Gasteiger partial charge on any atom is 0.306 e. The summed E-state index contributed by atoms with van der Waals surface area (Å²) in [5, 5.41) is 0. The quantitative estimate of drug-likeness (QED) is 0.0465. The number of hydrogen-bond acceptors (Lipinski definition) is 5. The van der Waals surface area contributed by atoms with Crippen LogP contribution in [0.15, 0.2) is 0 Å². The fraction of sp³-hybridized carbons (Fsp3) is 0.957. The molecule has 0 aromatic carbocycles. The van der Waals surface area contributed by atoms with Crippen molar-refractivity contribution in [2.45, 2.75) is 265 Å². The first-order valence-corrected chi connectivity index (χ1v) is 23.0. The lowest BCUT2D eigenvalue weighted by molar-refractivity contribution is -0.151. The second kappa shape index (κ2) is 40.1. The van der Waals surface area contributed by atoms with E-state index >= 15 is 0 Å². The second-order valence-corrected chi connectivity index (χ2v) is 16.0. The highest BCUT2D eigenvalue weighted by molar-refractivity contribution is 5.69. The van der Waals surface area contributed by atoms with Gasteiger partial charge in [-0.25, -0.2) is 0 Å². The van der Waals surface area contributed by atoms with Crippen LogP contribution in [0.1, 0.15) is 252 Å². The van der Waals surface area contributed by atoms with Crippen molar-refractivity contribution in [3.63, 3.8) is 0 Å². The van der Waals surface area contributed by atoms with E-state index in [9.17, 15) is 9.59 Å². The van der Waals surface area contributed by atoms with Crippen LogP contribution in [0.4, 0.5) is 0 Å². The molecule has 0 rings (SSSR count). The molecule has 304 valence electrons. The first-order valence-electron chi connectivity index (χ1n) is 23.0. The zero-order valence-corrected chi connectivity index (χ0v) is 35.4. The molecular weight excluding hydrogens is 631 g/mol. The molecule has 0 bridgehead atoms. The third-order valence-electron chi connectivity index (χ3n) is 10.7. The number of nitrogens with zero attached hydrogens (tertiary/aromatic N) is 1. The number of rotatable bonds is 41. The number of ether oxygens (including phenoxy) is 2. The Morgan fingerprint density at radius 2 is 0.667 bits per heavy atom. The fourth-order valence-electron chi connectivity index (χ4n) is 7.27. The van der Waals surface area contributed by atoms with Crippen molar-refractivity contribution in [3.05, 3.63) is 0 Å². The summed E-state index contributed by atoms with van der Waals surface area (Å²) < 4.78 is 11.9. The Labute approximate surface area is 319 Å². The number of unbranched alkanes of at least 4 members (excludes halogenated alkanes) is 23. The van der Waals surface area contributed by atoms with Gasteiger partial charge in [-0.15, -0.1) is 0 Å². The van der Waals surface area contributed by atoms with Crippen LogP contribution in [-0.2, 0) is 19.1 Å². The molecule has 0 aliphatic rings. The van der Waals surface area contributed by atoms with Gasteiger partial charge in [-0.05, 0) is 90.8 Å². The highest BCUT2D eigenvalue weighted by Crippen LogP contribution is 2.19. The van der Waals surface area contributed by atoms with E-state index < -0.39 is 0 Å². The van der Waals surface area contributed by atoms with Gasteiger partial charge in [0.2, 0.25) is 0 Å². The molecule has 0 aromatic heterocycles. The summed E-state index contributed by atoms with van der Waals surface area (Å²) in [6, 6.07) is 0. The fourth-order valence-corrected chi connectivity index (χ4v) is 7.27. The van der Waals surface area contributed by atoms with Gasteiger partial charge < -0.3 is 14.4 Å². The molecule has 0 aliphatic carbocycles. The maximum absolute atomic E-state index is 12.7. The third-order valence-corrected chi connectivity index (χ3v) is 10.7. The van der Waals surface area contributed by atoms with Crippen LogP contribution in [0, 0.1) is 0 Å². The lowest BCUT2D eigenvalue weighted by atomic mass is 10.0. The maximum atomic E-state index is 12.7. The molecule has 0 aliphatic heterocycles. The highest BCUT2D eigenvalue weighted by atomic mass is 16.5. The van der Waals surface area contributed by atoms with Crippen molar-refractivity contribution in [1.29, 1.82) is 0 Å². The van der Waals surface area contributed by atoms with Gasteiger partial charge in [0.15, 0.2) is 0 Å². The minimum absolute atomic E-state index is 0.0188. The first-order chi connectivity index (χ1) is 25.0. The molecule has 0 saturated carbocycles. The Hall–Kier alpha value is -1.10.